The van der Waals surface area contributed by atoms with Gasteiger partial charge in [-0.25, -0.2) is 8.42 Å². The molecule has 2 aromatic carbocycles. The highest BCUT2D eigenvalue weighted by Crippen LogP contribution is 2.22. The highest BCUT2D eigenvalue weighted by molar-refractivity contribution is 7.92. The van der Waals surface area contributed by atoms with Crippen LogP contribution in [0.1, 0.15) is 15.9 Å². The molecule has 0 aliphatic carbocycles. The van der Waals surface area contributed by atoms with Crippen molar-refractivity contribution >= 4 is 15.6 Å². The third-order valence-corrected chi connectivity index (χ3v) is 5.33. The molecule has 0 radical (unpaired) electrons. The molecule has 6 heteroatoms. The van der Waals surface area contributed by atoms with Gasteiger partial charge in [-0.1, -0.05) is 17.7 Å². The van der Waals surface area contributed by atoms with Crippen LogP contribution in [0.25, 0.3) is 0 Å². The average molecular weight is 334 g/mol. The molecule has 0 N–H and O–H groups in total. The fraction of sp³-hybridized carbons (Fsp3) is 0.235. The minimum absolute atomic E-state index is 0.0526. The van der Waals surface area contributed by atoms with Crippen LogP contribution < -0.4 is 4.74 Å². The van der Waals surface area contributed by atoms with Gasteiger partial charge in [0.1, 0.15) is 5.75 Å². The van der Waals surface area contributed by atoms with Gasteiger partial charge < -0.3 is 9.47 Å². The minimum atomic E-state index is -3.93. The Kier molecular flexibility index (Phi) is 5.18. The van der Waals surface area contributed by atoms with Crippen LogP contribution in [0.4, 0.5) is 0 Å². The number of ether oxygens (including phenoxy) is 2. The van der Waals surface area contributed by atoms with E-state index >= 15 is 0 Å². The third kappa shape index (κ3) is 3.60. The van der Waals surface area contributed by atoms with Crippen LogP contribution >= 0.6 is 0 Å². The van der Waals surface area contributed by atoms with Crippen LogP contribution in [-0.2, 0) is 14.6 Å². The fourth-order valence-corrected chi connectivity index (χ4v) is 3.55. The van der Waals surface area contributed by atoms with Crippen LogP contribution in [0.2, 0.25) is 0 Å². The molecule has 0 fully saturated rings. The van der Waals surface area contributed by atoms with Gasteiger partial charge in [-0.3, -0.25) is 4.79 Å². The lowest BCUT2D eigenvalue weighted by atomic mass is 10.1. The van der Waals surface area contributed by atoms with Crippen molar-refractivity contribution in [2.24, 2.45) is 0 Å². The lowest BCUT2D eigenvalue weighted by Crippen LogP contribution is -2.32. The van der Waals surface area contributed by atoms with Gasteiger partial charge in [0.15, 0.2) is 0 Å². The molecule has 0 bridgehead atoms. The summed E-state index contributed by atoms with van der Waals surface area (Å²) in [6, 6.07) is 12.5. The highest BCUT2D eigenvalue weighted by Gasteiger charge is 2.34. The Morgan fingerprint density at radius 3 is 2.00 bits per heavy atom. The molecular formula is C17H18O5S. The summed E-state index contributed by atoms with van der Waals surface area (Å²) in [6.45, 7) is 1.85. The molecule has 5 nitrogen and oxygen atoms in total. The number of methoxy groups -OCH3 is 2. The van der Waals surface area contributed by atoms with Gasteiger partial charge in [0.25, 0.3) is 0 Å². The normalized spacial score (nSPS) is 12.7. The quantitative estimate of drug-likeness (QED) is 0.760. The molecule has 2 rings (SSSR count). The lowest BCUT2D eigenvalue weighted by Gasteiger charge is -2.15. The summed E-state index contributed by atoms with van der Waals surface area (Å²) in [7, 11) is -1.22. The minimum Gasteiger partial charge on any atom is -0.497 e. The molecule has 0 aliphatic rings. The summed E-state index contributed by atoms with van der Waals surface area (Å²) in [5, 5.41) is 0. The molecule has 0 saturated heterocycles. The lowest BCUT2D eigenvalue weighted by molar-refractivity contribution is 0.0778. The highest BCUT2D eigenvalue weighted by atomic mass is 32.2. The first-order valence-electron chi connectivity index (χ1n) is 6.92. The molecular weight excluding hydrogens is 316 g/mol. The number of carbonyl (C=O) groups excluding carboxylic acids is 1. The first-order valence-corrected chi connectivity index (χ1v) is 8.46. The fourth-order valence-electron chi connectivity index (χ4n) is 2.12. The SMILES string of the molecule is COc1ccc(C(=O)C(OC)S(=O)(=O)c2ccc(C)cc2)cc1. The average Bonchev–Trinajstić information content (AvgIpc) is 2.55. The maximum Gasteiger partial charge on any atom is 0.225 e. The Balaban J connectivity index is 2.36. The predicted octanol–water partition coefficient (Wildman–Crippen LogP) is 2.63. The second kappa shape index (κ2) is 6.93. The molecule has 0 saturated carbocycles. The summed E-state index contributed by atoms with van der Waals surface area (Å²) in [6.07, 6.45) is 0. The Bertz CT molecular complexity index is 777. The van der Waals surface area contributed by atoms with Crippen molar-refractivity contribution in [3.63, 3.8) is 0 Å². The molecule has 122 valence electrons. The van der Waals surface area contributed by atoms with Crippen molar-refractivity contribution in [2.45, 2.75) is 17.3 Å². The van der Waals surface area contributed by atoms with E-state index < -0.39 is 21.1 Å². The van der Waals surface area contributed by atoms with Crippen LogP contribution in [0.15, 0.2) is 53.4 Å². The maximum atomic E-state index is 12.6. The molecule has 0 amide bonds. The van der Waals surface area contributed by atoms with E-state index in [0.29, 0.717) is 5.75 Å². The molecule has 0 aromatic heterocycles. The number of benzene rings is 2. The van der Waals surface area contributed by atoms with Gasteiger partial charge in [-0.15, -0.1) is 0 Å². The number of Topliss-reactive ketones (excluding diaryl/α,β-unsaturated/α-hetero) is 1. The largest absolute Gasteiger partial charge is 0.497 e. The number of rotatable bonds is 6. The first kappa shape index (κ1) is 17.2. The molecule has 1 atom stereocenters. The number of carbonyl (C=O) groups is 1. The third-order valence-electron chi connectivity index (χ3n) is 3.43. The molecule has 0 spiro atoms. The van der Waals surface area contributed by atoms with E-state index in [1.54, 1.807) is 24.3 Å². The first-order chi connectivity index (χ1) is 10.9. The van der Waals surface area contributed by atoms with Crippen LogP contribution in [0, 0.1) is 6.92 Å². The molecule has 0 heterocycles. The van der Waals surface area contributed by atoms with Crippen LogP contribution in [0.3, 0.4) is 0 Å². The zero-order valence-corrected chi connectivity index (χ0v) is 14.0. The predicted molar refractivity (Wildman–Crippen MR) is 86.5 cm³/mol. The standard InChI is InChI=1S/C17H18O5S/c1-12-4-10-15(11-5-12)23(19,20)17(22-3)16(18)13-6-8-14(21-2)9-7-13/h4-11,17H,1-3H3. The zero-order chi connectivity index (χ0) is 17.0. The van der Waals surface area contributed by atoms with E-state index in [4.69, 9.17) is 9.47 Å². The van der Waals surface area contributed by atoms with E-state index in [1.165, 1.54) is 38.5 Å². The molecule has 0 aliphatic heterocycles. The number of ketones is 1. The van der Waals surface area contributed by atoms with Crippen molar-refractivity contribution in [1.82, 2.24) is 0 Å². The Labute approximate surface area is 135 Å². The van der Waals surface area contributed by atoms with Crippen molar-refractivity contribution < 1.29 is 22.7 Å². The van der Waals surface area contributed by atoms with E-state index in [-0.39, 0.29) is 10.5 Å². The van der Waals surface area contributed by atoms with E-state index in [0.717, 1.165) is 5.56 Å². The van der Waals surface area contributed by atoms with Gasteiger partial charge in [-0.05, 0) is 43.3 Å². The van der Waals surface area contributed by atoms with Gasteiger partial charge >= 0.3 is 0 Å². The summed E-state index contributed by atoms with van der Waals surface area (Å²) >= 11 is 0. The second-order valence-corrected chi connectivity index (χ2v) is 7.01. The summed E-state index contributed by atoms with van der Waals surface area (Å²) < 4.78 is 35.3. The smallest absolute Gasteiger partial charge is 0.225 e. The second-order valence-electron chi connectivity index (χ2n) is 5.02. The molecule has 2 aromatic rings. The van der Waals surface area contributed by atoms with Crippen LogP contribution in [-0.4, -0.2) is 33.9 Å². The topological polar surface area (TPSA) is 69.7 Å². The van der Waals surface area contributed by atoms with Gasteiger partial charge in [0, 0.05) is 12.7 Å². The zero-order valence-electron chi connectivity index (χ0n) is 13.1. The summed E-state index contributed by atoms with van der Waals surface area (Å²) in [4.78, 5) is 12.6. The number of hydrogen-bond acceptors (Lipinski definition) is 5. The van der Waals surface area contributed by atoms with Crippen molar-refractivity contribution in [2.75, 3.05) is 14.2 Å². The van der Waals surface area contributed by atoms with Gasteiger partial charge in [0.05, 0.1) is 12.0 Å². The molecule has 1 unspecified atom stereocenters. The molecule has 23 heavy (non-hydrogen) atoms. The van der Waals surface area contributed by atoms with Crippen molar-refractivity contribution in [3.05, 3.63) is 59.7 Å². The van der Waals surface area contributed by atoms with Gasteiger partial charge in [-0.2, -0.15) is 0 Å². The summed E-state index contributed by atoms with van der Waals surface area (Å²) in [5.74, 6) is -0.0346. The van der Waals surface area contributed by atoms with E-state index in [9.17, 15) is 13.2 Å². The monoisotopic (exact) mass is 334 g/mol. The van der Waals surface area contributed by atoms with E-state index in [2.05, 4.69) is 0 Å². The number of sulfone groups is 1. The van der Waals surface area contributed by atoms with Gasteiger partial charge in [0.2, 0.25) is 21.1 Å². The number of aryl methyl sites for hydroxylation is 1. The summed E-state index contributed by atoms with van der Waals surface area (Å²) in [5.41, 5.74) is -0.411. The number of hydrogen-bond donors (Lipinski definition) is 0. The Hall–Kier alpha value is -2.18. The van der Waals surface area contributed by atoms with Crippen LogP contribution in [0.5, 0.6) is 5.75 Å². The van der Waals surface area contributed by atoms with Crippen molar-refractivity contribution in [1.29, 1.82) is 0 Å². The van der Waals surface area contributed by atoms with E-state index in [1.807, 2.05) is 6.92 Å². The van der Waals surface area contributed by atoms with Crippen molar-refractivity contribution in [3.8, 4) is 5.75 Å². The maximum absolute atomic E-state index is 12.6. The Morgan fingerprint density at radius 2 is 1.52 bits per heavy atom. The Morgan fingerprint density at radius 1 is 0.957 bits per heavy atom.